The van der Waals surface area contributed by atoms with Gasteiger partial charge in [0.15, 0.2) is 0 Å². The van der Waals surface area contributed by atoms with Crippen LogP contribution in [-0.2, 0) is 6.54 Å². The Labute approximate surface area is 85.5 Å². The van der Waals surface area contributed by atoms with E-state index in [1.807, 2.05) is 12.5 Å². The summed E-state index contributed by atoms with van der Waals surface area (Å²) in [4.78, 5) is 4.24. The normalized spacial score (nSPS) is 21.6. The van der Waals surface area contributed by atoms with Crippen LogP contribution >= 0.6 is 0 Å². The van der Waals surface area contributed by atoms with Crippen LogP contribution in [0.1, 0.15) is 44.3 Å². The van der Waals surface area contributed by atoms with Crippen molar-refractivity contribution in [3.63, 3.8) is 0 Å². The maximum atomic E-state index is 4.24. The van der Waals surface area contributed by atoms with Crippen molar-refractivity contribution in [2.75, 3.05) is 6.54 Å². The summed E-state index contributed by atoms with van der Waals surface area (Å²) in [5.74, 6) is 0. The van der Waals surface area contributed by atoms with Crippen LogP contribution in [0, 0.1) is 0 Å². The Hall–Kier alpha value is -0.830. The Bertz CT molecular complexity index is 274. The zero-order valence-corrected chi connectivity index (χ0v) is 8.87. The molecule has 3 heteroatoms. The van der Waals surface area contributed by atoms with E-state index < -0.39 is 0 Å². The summed E-state index contributed by atoms with van der Waals surface area (Å²) in [5, 5.41) is 3.51. The van der Waals surface area contributed by atoms with E-state index in [1.54, 1.807) is 0 Å². The molecule has 1 atom stereocenters. The maximum absolute atomic E-state index is 4.24. The lowest BCUT2D eigenvalue weighted by atomic mass is 10.1. The Kier molecular flexibility index (Phi) is 3.19. The SMILES string of the molecule is CCCCn1cncc1[C@@H]1CCCN1. The molecule has 0 unspecified atom stereocenters. The summed E-state index contributed by atoms with van der Waals surface area (Å²) in [6.07, 6.45) is 9.02. The fraction of sp³-hybridized carbons (Fsp3) is 0.727. The van der Waals surface area contributed by atoms with E-state index in [1.165, 1.54) is 31.4 Å². The van der Waals surface area contributed by atoms with Gasteiger partial charge in [0.05, 0.1) is 12.0 Å². The highest BCUT2D eigenvalue weighted by atomic mass is 15.1. The molecule has 1 N–H and O–H groups in total. The molecular formula is C11H19N3. The minimum absolute atomic E-state index is 0.550. The Morgan fingerprint density at radius 1 is 1.64 bits per heavy atom. The van der Waals surface area contributed by atoms with Crippen LogP contribution in [-0.4, -0.2) is 16.1 Å². The summed E-state index contributed by atoms with van der Waals surface area (Å²) in [6, 6.07) is 0.550. The van der Waals surface area contributed by atoms with E-state index in [9.17, 15) is 0 Å². The van der Waals surface area contributed by atoms with E-state index in [4.69, 9.17) is 0 Å². The largest absolute Gasteiger partial charge is 0.333 e. The zero-order chi connectivity index (χ0) is 9.80. The minimum Gasteiger partial charge on any atom is -0.333 e. The van der Waals surface area contributed by atoms with Gasteiger partial charge in [-0.2, -0.15) is 0 Å². The van der Waals surface area contributed by atoms with Gasteiger partial charge in [-0.25, -0.2) is 4.98 Å². The van der Waals surface area contributed by atoms with Gasteiger partial charge in [-0.3, -0.25) is 0 Å². The van der Waals surface area contributed by atoms with Crippen molar-refractivity contribution < 1.29 is 0 Å². The van der Waals surface area contributed by atoms with Crippen LogP contribution in [0.3, 0.4) is 0 Å². The number of nitrogens with one attached hydrogen (secondary N) is 1. The predicted octanol–water partition coefficient (Wildman–Crippen LogP) is 2.11. The minimum atomic E-state index is 0.550. The van der Waals surface area contributed by atoms with Crippen molar-refractivity contribution in [3.05, 3.63) is 18.2 Å². The monoisotopic (exact) mass is 193 g/mol. The van der Waals surface area contributed by atoms with Crippen molar-refractivity contribution in [3.8, 4) is 0 Å². The number of rotatable bonds is 4. The van der Waals surface area contributed by atoms with Crippen LogP contribution < -0.4 is 5.32 Å². The molecule has 2 rings (SSSR count). The number of hydrogen-bond acceptors (Lipinski definition) is 2. The standard InChI is InChI=1S/C11H19N3/c1-2-3-7-14-9-12-8-11(14)10-5-4-6-13-10/h8-10,13H,2-7H2,1H3/t10-/m0/s1. The molecule has 1 aromatic rings. The molecule has 1 aliphatic rings. The highest BCUT2D eigenvalue weighted by Gasteiger charge is 2.19. The number of imidazole rings is 1. The lowest BCUT2D eigenvalue weighted by Gasteiger charge is -2.13. The summed E-state index contributed by atoms with van der Waals surface area (Å²) in [6.45, 7) is 4.50. The second kappa shape index (κ2) is 4.60. The lowest BCUT2D eigenvalue weighted by molar-refractivity contribution is 0.545. The first-order valence-electron chi connectivity index (χ1n) is 5.65. The highest BCUT2D eigenvalue weighted by molar-refractivity contribution is 5.07. The summed E-state index contributed by atoms with van der Waals surface area (Å²) in [5.41, 5.74) is 1.37. The third-order valence-electron chi connectivity index (χ3n) is 2.91. The van der Waals surface area contributed by atoms with Crippen LogP contribution in [0.15, 0.2) is 12.5 Å². The van der Waals surface area contributed by atoms with Gasteiger partial charge < -0.3 is 9.88 Å². The van der Waals surface area contributed by atoms with Gasteiger partial charge in [-0.05, 0) is 25.8 Å². The number of nitrogens with zero attached hydrogens (tertiary/aromatic N) is 2. The molecule has 1 saturated heterocycles. The molecule has 0 aliphatic carbocycles. The Morgan fingerprint density at radius 2 is 2.57 bits per heavy atom. The molecular weight excluding hydrogens is 174 g/mol. The fourth-order valence-electron chi connectivity index (χ4n) is 2.07. The number of hydrogen-bond donors (Lipinski definition) is 1. The molecule has 0 aromatic carbocycles. The molecule has 3 nitrogen and oxygen atoms in total. The molecule has 0 amide bonds. The van der Waals surface area contributed by atoms with E-state index >= 15 is 0 Å². The van der Waals surface area contributed by atoms with Gasteiger partial charge in [0.25, 0.3) is 0 Å². The van der Waals surface area contributed by atoms with E-state index in [2.05, 4.69) is 21.8 Å². The predicted molar refractivity (Wildman–Crippen MR) is 57.1 cm³/mol. The topological polar surface area (TPSA) is 29.9 Å². The van der Waals surface area contributed by atoms with Crippen molar-refractivity contribution >= 4 is 0 Å². The van der Waals surface area contributed by atoms with Gasteiger partial charge >= 0.3 is 0 Å². The molecule has 0 bridgehead atoms. The van der Waals surface area contributed by atoms with Crippen LogP contribution in [0.5, 0.6) is 0 Å². The van der Waals surface area contributed by atoms with Gasteiger partial charge in [0, 0.05) is 18.8 Å². The number of aromatic nitrogens is 2. The third-order valence-corrected chi connectivity index (χ3v) is 2.91. The second-order valence-corrected chi connectivity index (χ2v) is 4.01. The molecule has 0 spiro atoms. The molecule has 14 heavy (non-hydrogen) atoms. The highest BCUT2D eigenvalue weighted by Crippen LogP contribution is 2.22. The number of aryl methyl sites for hydroxylation is 1. The third kappa shape index (κ3) is 1.98. The van der Waals surface area contributed by atoms with Gasteiger partial charge in [0.2, 0.25) is 0 Å². The fourth-order valence-corrected chi connectivity index (χ4v) is 2.07. The van der Waals surface area contributed by atoms with Crippen LogP contribution in [0.2, 0.25) is 0 Å². The first kappa shape index (κ1) is 9.71. The van der Waals surface area contributed by atoms with Crippen molar-refractivity contribution in [2.24, 2.45) is 0 Å². The van der Waals surface area contributed by atoms with E-state index in [-0.39, 0.29) is 0 Å². The Morgan fingerprint density at radius 3 is 3.29 bits per heavy atom. The van der Waals surface area contributed by atoms with Gasteiger partial charge in [0.1, 0.15) is 0 Å². The van der Waals surface area contributed by atoms with Crippen molar-refractivity contribution in [1.82, 2.24) is 14.9 Å². The molecule has 1 aromatic heterocycles. The van der Waals surface area contributed by atoms with Crippen molar-refractivity contribution in [2.45, 2.75) is 45.2 Å². The summed E-state index contributed by atoms with van der Waals surface area (Å²) >= 11 is 0. The molecule has 1 aliphatic heterocycles. The van der Waals surface area contributed by atoms with Gasteiger partial charge in [-0.15, -0.1) is 0 Å². The van der Waals surface area contributed by atoms with Crippen LogP contribution in [0.4, 0.5) is 0 Å². The van der Waals surface area contributed by atoms with E-state index in [0.717, 1.165) is 13.1 Å². The lowest BCUT2D eigenvalue weighted by Crippen LogP contribution is -2.16. The van der Waals surface area contributed by atoms with Gasteiger partial charge in [-0.1, -0.05) is 13.3 Å². The molecule has 78 valence electrons. The quantitative estimate of drug-likeness (QED) is 0.793. The number of unbranched alkanes of at least 4 members (excludes halogenated alkanes) is 1. The maximum Gasteiger partial charge on any atom is 0.0948 e. The van der Waals surface area contributed by atoms with E-state index in [0.29, 0.717) is 6.04 Å². The molecule has 0 radical (unpaired) electrons. The zero-order valence-electron chi connectivity index (χ0n) is 8.87. The average Bonchev–Trinajstić information content (AvgIpc) is 2.84. The first-order chi connectivity index (χ1) is 6.92. The summed E-state index contributed by atoms with van der Waals surface area (Å²) < 4.78 is 2.30. The average molecular weight is 193 g/mol. The van der Waals surface area contributed by atoms with Crippen LogP contribution in [0.25, 0.3) is 0 Å². The Balaban J connectivity index is 2.04. The molecule has 1 fully saturated rings. The molecule has 0 saturated carbocycles. The smallest absolute Gasteiger partial charge is 0.0948 e. The second-order valence-electron chi connectivity index (χ2n) is 4.01. The summed E-state index contributed by atoms with van der Waals surface area (Å²) in [7, 11) is 0. The first-order valence-corrected chi connectivity index (χ1v) is 5.65. The van der Waals surface area contributed by atoms with Crippen molar-refractivity contribution in [1.29, 1.82) is 0 Å². The molecule has 2 heterocycles.